The molecule has 3 heteroatoms. The minimum absolute atomic E-state index is 0.714. The van der Waals surface area contributed by atoms with Crippen molar-refractivity contribution in [2.45, 2.75) is 33.2 Å². The predicted molar refractivity (Wildman–Crippen MR) is 83.2 cm³/mol. The normalized spacial score (nSPS) is 10.3. The van der Waals surface area contributed by atoms with Crippen molar-refractivity contribution in [1.82, 2.24) is 4.98 Å². The van der Waals surface area contributed by atoms with Gasteiger partial charge in [-0.3, -0.25) is 0 Å². The summed E-state index contributed by atoms with van der Waals surface area (Å²) in [6.07, 6.45) is 3.84. The predicted octanol–water partition coefficient (Wildman–Crippen LogP) is 4.04. The molecule has 2 rings (SSSR count). The highest BCUT2D eigenvalue weighted by Gasteiger charge is 2.03. The lowest BCUT2D eigenvalue weighted by Gasteiger charge is -2.11. The molecule has 3 nitrogen and oxygen atoms in total. The van der Waals surface area contributed by atoms with Crippen LogP contribution in [0.2, 0.25) is 0 Å². The quantitative estimate of drug-likeness (QED) is 0.824. The van der Waals surface area contributed by atoms with Crippen LogP contribution in [0.3, 0.4) is 0 Å². The molecular weight excluding hydrogens is 248 g/mol. The smallest absolute Gasteiger partial charge is 0.169 e. The number of aromatic nitrogens is 1. The van der Waals surface area contributed by atoms with Crippen molar-refractivity contribution >= 4 is 5.82 Å². The summed E-state index contributed by atoms with van der Waals surface area (Å²) in [5, 5.41) is 3.34. The van der Waals surface area contributed by atoms with Crippen molar-refractivity contribution in [2.24, 2.45) is 0 Å². The molecule has 20 heavy (non-hydrogen) atoms. The fraction of sp³-hybridized carbons (Fsp3) is 0.353. The van der Waals surface area contributed by atoms with E-state index in [9.17, 15) is 0 Å². The Labute approximate surface area is 121 Å². The van der Waals surface area contributed by atoms with Crippen molar-refractivity contribution in [2.75, 3.05) is 11.9 Å². The van der Waals surface area contributed by atoms with Crippen LogP contribution in [0.4, 0.5) is 5.82 Å². The molecule has 106 valence electrons. The van der Waals surface area contributed by atoms with Gasteiger partial charge in [-0.1, -0.05) is 38.1 Å². The van der Waals surface area contributed by atoms with Crippen molar-refractivity contribution in [3.63, 3.8) is 0 Å². The number of aryl methyl sites for hydroxylation is 1. The Hall–Kier alpha value is -2.03. The van der Waals surface area contributed by atoms with E-state index in [2.05, 4.69) is 48.4 Å². The number of hydrogen-bond acceptors (Lipinski definition) is 3. The van der Waals surface area contributed by atoms with E-state index in [1.54, 1.807) is 6.20 Å². The summed E-state index contributed by atoms with van der Waals surface area (Å²) in [7, 11) is 0. The van der Waals surface area contributed by atoms with Crippen LogP contribution in [0.15, 0.2) is 42.6 Å². The van der Waals surface area contributed by atoms with Gasteiger partial charge in [0.1, 0.15) is 0 Å². The summed E-state index contributed by atoms with van der Waals surface area (Å²) in [5.74, 6) is 1.63. The van der Waals surface area contributed by atoms with Gasteiger partial charge < -0.3 is 10.1 Å². The first kappa shape index (κ1) is 14.4. The molecular formula is C17H22N2O. The first-order valence-electron chi connectivity index (χ1n) is 7.23. The molecule has 0 radical (unpaired) electrons. The van der Waals surface area contributed by atoms with E-state index in [1.165, 1.54) is 11.1 Å². The van der Waals surface area contributed by atoms with Crippen molar-refractivity contribution in [3.05, 3.63) is 53.7 Å². The van der Waals surface area contributed by atoms with Crippen LogP contribution in [0.1, 0.15) is 31.4 Å². The van der Waals surface area contributed by atoms with Crippen molar-refractivity contribution in [3.8, 4) is 5.75 Å². The Balaban J connectivity index is 1.98. The lowest BCUT2D eigenvalue weighted by Crippen LogP contribution is -2.05. The van der Waals surface area contributed by atoms with E-state index in [4.69, 9.17) is 4.74 Å². The number of rotatable bonds is 7. The second-order valence-electron chi connectivity index (χ2n) is 4.72. The van der Waals surface area contributed by atoms with E-state index in [-0.39, 0.29) is 0 Å². The van der Waals surface area contributed by atoms with Gasteiger partial charge >= 0.3 is 0 Å². The molecule has 0 fully saturated rings. The molecule has 0 atom stereocenters. The van der Waals surface area contributed by atoms with Gasteiger partial charge in [0, 0.05) is 12.7 Å². The third kappa shape index (κ3) is 3.98. The van der Waals surface area contributed by atoms with Gasteiger partial charge in [0.2, 0.25) is 0 Å². The highest BCUT2D eigenvalue weighted by atomic mass is 16.5. The zero-order valence-corrected chi connectivity index (χ0v) is 12.2. The SMILES string of the molecule is CCCOc1cccnc1NCc1ccc(CC)cc1. The number of nitrogens with zero attached hydrogens (tertiary/aromatic N) is 1. The van der Waals surface area contributed by atoms with Gasteiger partial charge in [-0.15, -0.1) is 0 Å². The first-order chi connectivity index (χ1) is 9.83. The van der Waals surface area contributed by atoms with Crippen molar-refractivity contribution in [1.29, 1.82) is 0 Å². The van der Waals surface area contributed by atoms with Crippen LogP contribution in [-0.4, -0.2) is 11.6 Å². The number of ether oxygens (including phenoxy) is 1. The summed E-state index contributed by atoms with van der Waals surface area (Å²) in [5.41, 5.74) is 2.60. The number of anilines is 1. The lowest BCUT2D eigenvalue weighted by molar-refractivity contribution is 0.318. The Morgan fingerprint density at radius 3 is 2.50 bits per heavy atom. The van der Waals surface area contributed by atoms with E-state index in [1.807, 2.05) is 12.1 Å². The van der Waals surface area contributed by atoms with Crippen molar-refractivity contribution < 1.29 is 4.74 Å². The maximum absolute atomic E-state index is 5.69. The minimum atomic E-state index is 0.714. The molecule has 0 aliphatic heterocycles. The molecule has 1 heterocycles. The average molecular weight is 270 g/mol. The number of nitrogens with one attached hydrogen (secondary N) is 1. The summed E-state index contributed by atoms with van der Waals surface area (Å²) in [6.45, 7) is 5.73. The van der Waals surface area contributed by atoms with Crippen LogP contribution in [-0.2, 0) is 13.0 Å². The molecule has 0 saturated carbocycles. The minimum Gasteiger partial charge on any atom is -0.490 e. The van der Waals surface area contributed by atoms with Crippen LogP contribution in [0.25, 0.3) is 0 Å². The molecule has 0 unspecified atom stereocenters. The molecule has 0 saturated heterocycles. The van der Waals surface area contributed by atoms with E-state index in [0.29, 0.717) is 6.61 Å². The highest BCUT2D eigenvalue weighted by molar-refractivity contribution is 5.49. The average Bonchev–Trinajstić information content (AvgIpc) is 2.52. The summed E-state index contributed by atoms with van der Waals surface area (Å²) in [6, 6.07) is 12.5. The summed E-state index contributed by atoms with van der Waals surface area (Å²) < 4.78 is 5.69. The molecule has 1 N–H and O–H groups in total. The number of hydrogen-bond donors (Lipinski definition) is 1. The molecule has 1 aromatic heterocycles. The van der Waals surface area contributed by atoms with Gasteiger partial charge in [-0.2, -0.15) is 0 Å². The summed E-state index contributed by atoms with van der Waals surface area (Å²) in [4.78, 5) is 4.34. The maximum atomic E-state index is 5.69. The van der Waals surface area contributed by atoms with Gasteiger partial charge in [0.15, 0.2) is 11.6 Å². The van der Waals surface area contributed by atoms with Crippen LogP contribution in [0.5, 0.6) is 5.75 Å². The fourth-order valence-corrected chi connectivity index (χ4v) is 1.93. The van der Waals surface area contributed by atoms with Gasteiger partial charge in [0.25, 0.3) is 0 Å². The Morgan fingerprint density at radius 1 is 1.05 bits per heavy atom. The monoisotopic (exact) mass is 270 g/mol. The van der Waals surface area contributed by atoms with E-state index in [0.717, 1.165) is 31.0 Å². The molecule has 0 aliphatic rings. The Kier molecular flexibility index (Phi) is 5.42. The molecule has 0 bridgehead atoms. The molecule has 0 aliphatic carbocycles. The standard InChI is InChI=1S/C17H22N2O/c1-3-12-20-16-6-5-11-18-17(16)19-13-15-9-7-14(4-2)8-10-15/h5-11H,3-4,12-13H2,1-2H3,(H,18,19). The number of benzene rings is 1. The highest BCUT2D eigenvalue weighted by Crippen LogP contribution is 2.21. The molecule has 0 spiro atoms. The van der Waals surface area contributed by atoms with Gasteiger partial charge in [-0.05, 0) is 36.1 Å². The summed E-state index contributed by atoms with van der Waals surface area (Å²) >= 11 is 0. The zero-order chi connectivity index (χ0) is 14.2. The zero-order valence-electron chi connectivity index (χ0n) is 12.2. The maximum Gasteiger partial charge on any atom is 0.169 e. The molecule has 1 aromatic carbocycles. The third-order valence-electron chi connectivity index (χ3n) is 3.12. The number of pyridine rings is 1. The van der Waals surface area contributed by atoms with Crippen LogP contribution < -0.4 is 10.1 Å². The lowest BCUT2D eigenvalue weighted by atomic mass is 10.1. The second kappa shape index (κ2) is 7.53. The van der Waals surface area contributed by atoms with E-state index < -0.39 is 0 Å². The van der Waals surface area contributed by atoms with Gasteiger partial charge in [0.05, 0.1) is 6.61 Å². The Bertz CT molecular complexity index is 523. The second-order valence-corrected chi connectivity index (χ2v) is 4.72. The van der Waals surface area contributed by atoms with Crippen LogP contribution >= 0.6 is 0 Å². The Morgan fingerprint density at radius 2 is 1.80 bits per heavy atom. The molecule has 0 amide bonds. The third-order valence-corrected chi connectivity index (χ3v) is 3.12. The van der Waals surface area contributed by atoms with Gasteiger partial charge in [-0.25, -0.2) is 4.98 Å². The largest absolute Gasteiger partial charge is 0.490 e. The van der Waals surface area contributed by atoms with E-state index >= 15 is 0 Å². The first-order valence-corrected chi connectivity index (χ1v) is 7.23. The molecule has 2 aromatic rings. The van der Waals surface area contributed by atoms with Crippen LogP contribution in [0, 0.1) is 0 Å². The fourth-order valence-electron chi connectivity index (χ4n) is 1.93. The topological polar surface area (TPSA) is 34.1 Å².